The minimum Gasteiger partial charge on any atom is -0.350 e. The molecule has 2 atom stereocenters. The van der Waals surface area contributed by atoms with Gasteiger partial charge in [-0.25, -0.2) is 4.98 Å². The fourth-order valence-corrected chi connectivity index (χ4v) is 2.47. The van der Waals surface area contributed by atoms with Crippen molar-refractivity contribution in [2.24, 2.45) is 5.73 Å². The molecule has 0 saturated carbocycles. The van der Waals surface area contributed by atoms with E-state index in [1.165, 1.54) is 0 Å². The predicted octanol–water partition coefficient (Wildman–Crippen LogP) is -0.0923. The van der Waals surface area contributed by atoms with Crippen LogP contribution in [0, 0.1) is 11.3 Å². The van der Waals surface area contributed by atoms with Crippen LogP contribution < -0.4 is 11.1 Å². The maximum Gasteiger partial charge on any atom is 0.243 e. The van der Waals surface area contributed by atoms with Gasteiger partial charge >= 0.3 is 0 Å². The SMILES string of the molecule is CC(N)C(=O)N1CCC[C@H]1C(=O)NCc1ccc(C#N)nc1. The quantitative estimate of drug-likeness (QED) is 0.807. The molecule has 0 radical (unpaired) electrons. The summed E-state index contributed by atoms with van der Waals surface area (Å²) in [6.45, 7) is 2.50. The number of hydrogen-bond donors (Lipinski definition) is 2. The molecule has 2 amide bonds. The van der Waals surface area contributed by atoms with Crippen LogP contribution in [0.15, 0.2) is 18.3 Å². The molecular weight excluding hydrogens is 282 g/mol. The minimum atomic E-state index is -0.601. The standard InChI is InChI=1S/C15H19N5O2/c1-10(17)15(22)20-6-2-3-13(20)14(21)19-9-11-4-5-12(7-16)18-8-11/h4-5,8,10,13H,2-3,6,9,17H2,1H3,(H,19,21)/t10?,13-/m0/s1. The molecule has 0 aliphatic carbocycles. The molecule has 1 aromatic heterocycles. The van der Waals surface area contributed by atoms with Gasteiger partial charge in [0.25, 0.3) is 0 Å². The molecule has 1 saturated heterocycles. The molecule has 116 valence electrons. The lowest BCUT2D eigenvalue weighted by Gasteiger charge is -2.25. The Bertz CT molecular complexity index is 591. The van der Waals surface area contributed by atoms with E-state index in [1.54, 1.807) is 30.2 Å². The number of nitrogens with two attached hydrogens (primary N) is 1. The van der Waals surface area contributed by atoms with Crippen molar-refractivity contribution >= 4 is 11.8 Å². The van der Waals surface area contributed by atoms with Gasteiger partial charge in [0.1, 0.15) is 17.8 Å². The molecule has 7 heteroatoms. The van der Waals surface area contributed by atoms with Gasteiger partial charge < -0.3 is 16.0 Å². The number of hydrogen-bond acceptors (Lipinski definition) is 5. The maximum atomic E-state index is 12.3. The molecule has 0 aromatic carbocycles. The van der Waals surface area contributed by atoms with Crippen molar-refractivity contribution in [3.05, 3.63) is 29.6 Å². The average molecular weight is 301 g/mol. The van der Waals surface area contributed by atoms with Gasteiger partial charge in [0.05, 0.1) is 6.04 Å². The van der Waals surface area contributed by atoms with Crippen molar-refractivity contribution in [2.45, 2.75) is 38.4 Å². The molecule has 22 heavy (non-hydrogen) atoms. The van der Waals surface area contributed by atoms with Crippen LogP contribution in [-0.2, 0) is 16.1 Å². The molecule has 2 heterocycles. The molecule has 3 N–H and O–H groups in total. The van der Waals surface area contributed by atoms with Gasteiger partial charge in [-0.3, -0.25) is 9.59 Å². The molecule has 2 rings (SSSR count). The number of nitrogens with zero attached hydrogens (tertiary/aromatic N) is 3. The Labute approximate surface area is 129 Å². The van der Waals surface area contributed by atoms with Crippen molar-refractivity contribution in [3.8, 4) is 6.07 Å². The molecule has 7 nitrogen and oxygen atoms in total. The Kier molecular flexibility index (Phi) is 5.07. The summed E-state index contributed by atoms with van der Waals surface area (Å²) in [7, 11) is 0. The number of pyridine rings is 1. The topological polar surface area (TPSA) is 112 Å². The van der Waals surface area contributed by atoms with E-state index in [0.29, 0.717) is 25.2 Å². The van der Waals surface area contributed by atoms with E-state index in [9.17, 15) is 9.59 Å². The van der Waals surface area contributed by atoms with Crippen LogP contribution in [0.4, 0.5) is 0 Å². The molecule has 1 unspecified atom stereocenters. The van der Waals surface area contributed by atoms with Crippen LogP contribution in [-0.4, -0.2) is 40.3 Å². The lowest BCUT2D eigenvalue weighted by Crippen LogP contribution is -2.50. The summed E-state index contributed by atoms with van der Waals surface area (Å²) in [4.78, 5) is 29.7. The Balaban J connectivity index is 1.93. The number of aromatic nitrogens is 1. The number of carbonyl (C=O) groups excluding carboxylic acids is 2. The van der Waals surface area contributed by atoms with E-state index in [2.05, 4.69) is 10.3 Å². The Hall–Kier alpha value is -2.46. The van der Waals surface area contributed by atoms with E-state index in [4.69, 9.17) is 11.0 Å². The number of nitrogens with one attached hydrogen (secondary N) is 1. The zero-order valence-electron chi connectivity index (χ0n) is 12.5. The van der Waals surface area contributed by atoms with Gasteiger partial charge in [-0.15, -0.1) is 0 Å². The number of nitriles is 1. The minimum absolute atomic E-state index is 0.184. The Morgan fingerprint density at radius 1 is 1.59 bits per heavy atom. The van der Waals surface area contributed by atoms with Gasteiger partial charge in [-0.2, -0.15) is 5.26 Å². The Morgan fingerprint density at radius 3 is 2.95 bits per heavy atom. The van der Waals surface area contributed by atoms with Crippen LogP contribution in [0.1, 0.15) is 31.0 Å². The number of rotatable bonds is 4. The van der Waals surface area contributed by atoms with Crippen LogP contribution in [0.25, 0.3) is 0 Å². The van der Waals surface area contributed by atoms with Gasteiger partial charge in [-0.1, -0.05) is 6.07 Å². The highest BCUT2D eigenvalue weighted by molar-refractivity contribution is 5.90. The number of likely N-dealkylation sites (tertiary alicyclic amines) is 1. The zero-order chi connectivity index (χ0) is 16.1. The molecule has 1 aliphatic heterocycles. The summed E-state index contributed by atoms with van der Waals surface area (Å²) in [5, 5.41) is 11.5. The lowest BCUT2D eigenvalue weighted by molar-refractivity contribution is -0.139. The summed E-state index contributed by atoms with van der Waals surface area (Å²) < 4.78 is 0. The van der Waals surface area contributed by atoms with Gasteiger partial charge in [-0.05, 0) is 31.4 Å². The van der Waals surface area contributed by atoms with E-state index in [1.807, 2.05) is 6.07 Å². The van der Waals surface area contributed by atoms with Gasteiger partial charge in [0.15, 0.2) is 0 Å². The van der Waals surface area contributed by atoms with E-state index >= 15 is 0 Å². The third-order valence-corrected chi connectivity index (χ3v) is 3.63. The summed E-state index contributed by atoms with van der Waals surface area (Å²) in [6.07, 6.45) is 3.00. The van der Waals surface area contributed by atoms with Gasteiger partial charge in [0.2, 0.25) is 11.8 Å². The average Bonchev–Trinajstić information content (AvgIpc) is 3.01. The maximum absolute atomic E-state index is 12.3. The smallest absolute Gasteiger partial charge is 0.243 e. The summed E-state index contributed by atoms with van der Waals surface area (Å²) in [5.41, 5.74) is 6.75. The first-order chi connectivity index (χ1) is 10.5. The first-order valence-electron chi connectivity index (χ1n) is 7.21. The molecule has 1 aliphatic rings. The van der Waals surface area contributed by atoms with E-state index in [-0.39, 0.29) is 11.8 Å². The number of amides is 2. The third kappa shape index (κ3) is 3.59. The molecule has 1 aromatic rings. The van der Waals surface area contributed by atoms with Crippen molar-refractivity contribution in [2.75, 3.05) is 6.54 Å². The van der Waals surface area contributed by atoms with Crippen molar-refractivity contribution < 1.29 is 9.59 Å². The first kappa shape index (κ1) is 15.9. The zero-order valence-corrected chi connectivity index (χ0v) is 12.5. The number of carbonyl (C=O) groups is 2. The molecule has 1 fully saturated rings. The Morgan fingerprint density at radius 2 is 2.36 bits per heavy atom. The highest BCUT2D eigenvalue weighted by Crippen LogP contribution is 2.18. The predicted molar refractivity (Wildman–Crippen MR) is 79.2 cm³/mol. The summed E-state index contributed by atoms with van der Waals surface area (Å²) >= 11 is 0. The lowest BCUT2D eigenvalue weighted by atomic mass is 10.2. The second kappa shape index (κ2) is 7.00. The largest absolute Gasteiger partial charge is 0.350 e. The molecule has 0 spiro atoms. The second-order valence-electron chi connectivity index (χ2n) is 5.36. The summed E-state index contributed by atoms with van der Waals surface area (Å²) in [6, 6.07) is 4.23. The first-order valence-corrected chi connectivity index (χ1v) is 7.21. The molecular formula is C15H19N5O2. The monoisotopic (exact) mass is 301 g/mol. The van der Waals surface area contributed by atoms with Crippen molar-refractivity contribution in [1.29, 1.82) is 5.26 Å². The van der Waals surface area contributed by atoms with Crippen LogP contribution in [0.3, 0.4) is 0 Å². The van der Waals surface area contributed by atoms with E-state index < -0.39 is 12.1 Å². The normalized spacial score (nSPS) is 18.6. The fourth-order valence-electron chi connectivity index (χ4n) is 2.47. The van der Waals surface area contributed by atoms with E-state index in [0.717, 1.165) is 12.0 Å². The van der Waals surface area contributed by atoms with Crippen molar-refractivity contribution in [3.63, 3.8) is 0 Å². The van der Waals surface area contributed by atoms with Crippen LogP contribution in [0.2, 0.25) is 0 Å². The summed E-state index contributed by atoms with van der Waals surface area (Å²) in [5.74, 6) is -0.381. The molecule has 0 bridgehead atoms. The second-order valence-corrected chi connectivity index (χ2v) is 5.36. The third-order valence-electron chi connectivity index (χ3n) is 3.63. The van der Waals surface area contributed by atoms with Crippen molar-refractivity contribution in [1.82, 2.24) is 15.2 Å². The highest BCUT2D eigenvalue weighted by atomic mass is 16.2. The highest BCUT2D eigenvalue weighted by Gasteiger charge is 2.34. The van der Waals surface area contributed by atoms with Gasteiger partial charge in [0, 0.05) is 19.3 Å². The fraction of sp³-hybridized carbons (Fsp3) is 0.467. The van der Waals surface area contributed by atoms with Crippen LogP contribution >= 0.6 is 0 Å². The van der Waals surface area contributed by atoms with Crippen LogP contribution in [0.5, 0.6) is 0 Å².